The summed E-state index contributed by atoms with van der Waals surface area (Å²) in [4.78, 5) is 36.1. The number of hydrogen-bond donors (Lipinski definition) is 1. The molecule has 1 N–H and O–H groups in total. The van der Waals surface area contributed by atoms with E-state index >= 15 is 0 Å². The maximum Gasteiger partial charge on any atom is 0.328 e. The van der Waals surface area contributed by atoms with Gasteiger partial charge in [-0.05, 0) is 12.0 Å². The third-order valence-electron chi connectivity index (χ3n) is 3.49. The lowest BCUT2D eigenvalue weighted by molar-refractivity contribution is -0.146. The van der Waals surface area contributed by atoms with Gasteiger partial charge >= 0.3 is 5.97 Å². The van der Waals surface area contributed by atoms with E-state index in [1.54, 1.807) is 32.0 Å². The third kappa shape index (κ3) is 3.74. The van der Waals surface area contributed by atoms with E-state index in [0.717, 1.165) is 4.68 Å². The van der Waals surface area contributed by atoms with Gasteiger partial charge < -0.3 is 10.1 Å². The fourth-order valence-corrected chi connectivity index (χ4v) is 2.22. The topological polar surface area (TPSA) is 90.3 Å². The molecule has 122 valence electrons. The summed E-state index contributed by atoms with van der Waals surface area (Å²) in [7, 11) is 1.26. The van der Waals surface area contributed by atoms with Crippen LogP contribution in [-0.2, 0) is 20.9 Å². The molecule has 1 amide bonds. The molecule has 0 aliphatic rings. The molecule has 0 saturated carbocycles. The second-order valence-corrected chi connectivity index (χ2v) is 5.51. The number of nitrogens with zero attached hydrogens (tertiary/aromatic N) is 2. The maximum absolute atomic E-state index is 12.3. The first-order valence-corrected chi connectivity index (χ1v) is 7.26. The van der Waals surface area contributed by atoms with Crippen molar-refractivity contribution in [3.63, 3.8) is 0 Å². The first-order chi connectivity index (χ1) is 10.9. The van der Waals surface area contributed by atoms with Gasteiger partial charge in [0.15, 0.2) is 0 Å². The van der Waals surface area contributed by atoms with Crippen LogP contribution in [0.1, 0.15) is 13.8 Å². The maximum atomic E-state index is 12.3. The fourth-order valence-electron chi connectivity index (χ4n) is 2.22. The Morgan fingerprint density at radius 3 is 2.65 bits per heavy atom. The van der Waals surface area contributed by atoms with E-state index in [2.05, 4.69) is 15.2 Å². The van der Waals surface area contributed by atoms with Gasteiger partial charge in [0.1, 0.15) is 12.6 Å². The largest absolute Gasteiger partial charge is 0.467 e. The van der Waals surface area contributed by atoms with Gasteiger partial charge in [-0.15, -0.1) is 0 Å². The fraction of sp³-hybridized carbons (Fsp3) is 0.375. The number of benzene rings is 1. The lowest BCUT2D eigenvalue weighted by Gasteiger charge is -2.19. The Kier molecular flexibility index (Phi) is 5.10. The Morgan fingerprint density at radius 2 is 2.00 bits per heavy atom. The highest BCUT2D eigenvalue weighted by molar-refractivity contribution is 5.85. The number of carbonyl (C=O) groups excluding carboxylic acids is 2. The van der Waals surface area contributed by atoms with Crippen LogP contribution in [0.15, 0.2) is 35.3 Å². The normalized spacial score (nSPS) is 12.2. The summed E-state index contributed by atoms with van der Waals surface area (Å²) in [6, 6.07) is 6.26. The minimum absolute atomic E-state index is 0.132. The second-order valence-electron chi connectivity index (χ2n) is 5.51. The smallest absolute Gasteiger partial charge is 0.328 e. The van der Waals surface area contributed by atoms with Crippen LogP contribution in [0.2, 0.25) is 0 Å². The number of esters is 1. The molecule has 0 fully saturated rings. The van der Waals surface area contributed by atoms with Crippen LogP contribution < -0.4 is 10.9 Å². The van der Waals surface area contributed by atoms with Crippen molar-refractivity contribution in [1.82, 2.24) is 15.1 Å². The van der Waals surface area contributed by atoms with Crippen molar-refractivity contribution in [3.05, 3.63) is 40.8 Å². The highest BCUT2D eigenvalue weighted by Gasteiger charge is 2.25. The molecule has 2 aromatic rings. The molecule has 0 saturated heterocycles. The number of aromatic nitrogens is 2. The molecule has 0 radical (unpaired) electrons. The Labute approximate surface area is 133 Å². The third-order valence-corrected chi connectivity index (χ3v) is 3.49. The van der Waals surface area contributed by atoms with E-state index in [9.17, 15) is 14.4 Å². The minimum atomic E-state index is -0.761. The van der Waals surface area contributed by atoms with Crippen molar-refractivity contribution < 1.29 is 14.3 Å². The lowest BCUT2D eigenvalue weighted by atomic mass is 10.0. The molecule has 0 spiro atoms. The predicted molar refractivity (Wildman–Crippen MR) is 84.8 cm³/mol. The zero-order valence-electron chi connectivity index (χ0n) is 13.3. The number of hydrogen-bond acceptors (Lipinski definition) is 5. The Morgan fingerprint density at radius 1 is 1.30 bits per heavy atom. The van der Waals surface area contributed by atoms with E-state index in [1.165, 1.54) is 13.3 Å². The standard InChI is InChI=1S/C16H19N3O4/c1-10(2)14(16(22)23-3)18-13(20)9-19-15(21)12-7-5-4-6-11(12)8-17-19/h4-8,10,14H,9H2,1-3H3,(H,18,20). The molecule has 0 bridgehead atoms. The molecule has 0 aliphatic heterocycles. The van der Waals surface area contributed by atoms with Crippen molar-refractivity contribution in [2.24, 2.45) is 5.92 Å². The van der Waals surface area contributed by atoms with Crippen LogP contribution in [0.5, 0.6) is 0 Å². The molecular weight excluding hydrogens is 298 g/mol. The summed E-state index contributed by atoms with van der Waals surface area (Å²) >= 11 is 0. The van der Waals surface area contributed by atoms with Gasteiger partial charge in [-0.25, -0.2) is 9.48 Å². The molecule has 1 atom stereocenters. The summed E-state index contributed by atoms with van der Waals surface area (Å²) in [5.41, 5.74) is -0.350. The number of nitrogens with one attached hydrogen (secondary N) is 1. The van der Waals surface area contributed by atoms with Gasteiger partial charge in [-0.1, -0.05) is 32.0 Å². The van der Waals surface area contributed by atoms with Gasteiger partial charge in [-0.2, -0.15) is 5.10 Å². The summed E-state index contributed by atoms with van der Waals surface area (Å²) in [6.45, 7) is 3.33. The first kappa shape index (κ1) is 16.7. The average molecular weight is 317 g/mol. The molecule has 1 unspecified atom stereocenters. The van der Waals surface area contributed by atoms with Crippen molar-refractivity contribution in [2.75, 3.05) is 7.11 Å². The Hall–Kier alpha value is -2.70. The van der Waals surface area contributed by atoms with Crippen molar-refractivity contribution in [2.45, 2.75) is 26.4 Å². The predicted octanol–water partition coefficient (Wildman–Crippen LogP) is 0.710. The van der Waals surface area contributed by atoms with Crippen LogP contribution in [-0.4, -0.2) is 34.8 Å². The van der Waals surface area contributed by atoms with E-state index in [0.29, 0.717) is 10.8 Å². The molecule has 7 heteroatoms. The summed E-state index contributed by atoms with van der Waals surface area (Å²) in [5.74, 6) is -1.13. The van der Waals surface area contributed by atoms with Gasteiger partial charge in [0.05, 0.1) is 18.7 Å². The number of ether oxygens (including phenoxy) is 1. The Balaban J connectivity index is 2.19. The van der Waals surface area contributed by atoms with Gasteiger partial charge in [0.25, 0.3) is 5.56 Å². The quantitative estimate of drug-likeness (QED) is 0.820. The number of rotatable bonds is 5. The second kappa shape index (κ2) is 7.04. The van der Waals surface area contributed by atoms with Crippen molar-refractivity contribution in [1.29, 1.82) is 0 Å². The van der Waals surface area contributed by atoms with Crippen molar-refractivity contribution in [3.8, 4) is 0 Å². The Bertz CT molecular complexity index is 782. The SMILES string of the molecule is COC(=O)C(NC(=O)Cn1ncc2ccccc2c1=O)C(C)C. The average Bonchev–Trinajstić information content (AvgIpc) is 2.54. The number of amides is 1. The lowest BCUT2D eigenvalue weighted by Crippen LogP contribution is -2.47. The molecule has 7 nitrogen and oxygen atoms in total. The summed E-state index contributed by atoms with van der Waals surface area (Å²) < 4.78 is 5.74. The molecule has 1 aromatic carbocycles. The monoisotopic (exact) mass is 317 g/mol. The van der Waals surface area contributed by atoms with Crippen LogP contribution in [0.25, 0.3) is 10.8 Å². The van der Waals surface area contributed by atoms with Gasteiger partial charge in [0.2, 0.25) is 5.91 Å². The molecule has 0 aliphatic carbocycles. The number of fused-ring (bicyclic) bond motifs is 1. The first-order valence-electron chi connectivity index (χ1n) is 7.26. The van der Waals surface area contributed by atoms with E-state index in [4.69, 9.17) is 0 Å². The van der Waals surface area contributed by atoms with Crippen LogP contribution in [0.4, 0.5) is 0 Å². The molecule has 23 heavy (non-hydrogen) atoms. The molecule has 2 rings (SSSR count). The van der Waals surface area contributed by atoms with Crippen molar-refractivity contribution >= 4 is 22.6 Å². The summed E-state index contributed by atoms with van der Waals surface area (Å²) in [6.07, 6.45) is 1.53. The van der Waals surface area contributed by atoms with Gasteiger partial charge in [-0.3, -0.25) is 9.59 Å². The minimum Gasteiger partial charge on any atom is -0.467 e. The van der Waals surface area contributed by atoms with Crippen LogP contribution in [0, 0.1) is 5.92 Å². The van der Waals surface area contributed by atoms with Crippen LogP contribution >= 0.6 is 0 Å². The summed E-state index contributed by atoms with van der Waals surface area (Å²) in [5, 5.41) is 7.77. The van der Waals surface area contributed by atoms with E-state index in [-0.39, 0.29) is 18.0 Å². The molecule has 1 aromatic heterocycles. The van der Waals surface area contributed by atoms with Crippen LogP contribution in [0.3, 0.4) is 0 Å². The molecule has 1 heterocycles. The number of carbonyl (C=O) groups is 2. The zero-order chi connectivity index (χ0) is 17.0. The zero-order valence-corrected chi connectivity index (χ0v) is 13.3. The highest BCUT2D eigenvalue weighted by atomic mass is 16.5. The van der Waals surface area contributed by atoms with E-state index in [1.807, 2.05) is 6.07 Å². The number of methoxy groups -OCH3 is 1. The van der Waals surface area contributed by atoms with E-state index < -0.39 is 17.9 Å². The molecular formula is C16H19N3O4. The van der Waals surface area contributed by atoms with Gasteiger partial charge in [0, 0.05) is 5.39 Å². The highest BCUT2D eigenvalue weighted by Crippen LogP contribution is 2.07.